The predicted molar refractivity (Wildman–Crippen MR) is 80.5 cm³/mol. The van der Waals surface area contributed by atoms with E-state index in [1.165, 1.54) is 24.9 Å². The van der Waals surface area contributed by atoms with Crippen molar-refractivity contribution in [2.75, 3.05) is 20.2 Å². The van der Waals surface area contributed by atoms with Crippen molar-refractivity contribution in [3.8, 4) is 5.75 Å². The molecule has 110 valence electrons. The predicted octanol–water partition coefficient (Wildman–Crippen LogP) is 1.77. The maximum atomic E-state index is 5.22. The first-order valence-corrected chi connectivity index (χ1v) is 7.63. The zero-order valence-electron chi connectivity index (χ0n) is 12.4. The van der Waals surface area contributed by atoms with Crippen molar-refractivity contribution in [1.82, 2.24) is 15.8 Å². The average Bonchev–Trinajstić information content (AvgIpc) is 3.08. The van der Waals surface area contributed by atoms with Gasteiger partial charge in [0.25, 0.3) is 0 Å². The Balaban J connectivity index is 1.65. The number of nitrogens with zero attached hydrogens (tertiary/aromatic N) is 1. The third kappa shape index (κ3) is 2.82. The van der Waals surface area contributed by atoms with E-state index in [2.05, 4.69) is 46.9 Å². The fourth-order valence-corrected chi connectivity index (χ4v) is 3.50. The van der Waals surface area contributed by atoms with Gasteiger partial charge in [-0.1, -0.05) is 19.1 Å². The number of hydrogen-bond donors (Lipinski definition) is 2. The normalized spacial score (nSPS) is 30.8. The Hall–Kier alpha value is -1.10. The Morgan fingerprint density at radius 3 is 2.75 bits per heavy atom. The van der Waals surface area contributed by atoms with Crippen LogP contribution in [0.5, 0.6) is 5.75 Å². The van der Waals surface area contributed by atoms with Crippen LogP contribution in [0.3, 0.4) is 0 Å². The molecule has 3 atom stereocenters. The van der Waals surface area contributed by atoms with E-state index >= 15 is 0 Å². The maximum absolute atomic E-state index is 5.22. The van der Waals surface area contributed by atoms with Crippen LogP contribution in [0.15, 0.2) is 24.3 Å². The second-order valence-electron chi connectivity index (χ2n) is 6.06. The summed E-state index contributed by atoms with van der Waals surface area (Å²) in [5, 5.41) is 0. The minimum atomic E-state index is 0.579. The van der Waals surface area contributed by atoms with Crippen molar-refractivity contribution in [3.05, 3.63) is 29.8 Å². The fraction of sp³-hybridized carbons (Fsp3) is 0.625. The SMILES string of the molecule is COc1ccc(CN2CCCC2C2NNCC2C)cc1. The summed E-state index contributed by atoms with van der Waals surface area (Å²) in [6.07, 6.45) is 2.62. The van der Waals surface area contributed by atoms with Gasteiger partial charge in [-0.25, -0.2) is 0 Å². The Morgan fingerprint density at radius 2 is 2.10 bits per heavy atom. The molecule has 3 unspecified atom stereocenters. The van der Waals surface area contributed by atoms with E-state index in [9.17, 15) is 0 Å². The van der Waals surface area contributed by atoms with Crippen molar-refractivity contribution in [3.63, 3.8) is 0 Å². The molecule has 2 heterocycles. The Labute approximate surface area is 121 Å². The van der Waals surface area contributed by atoms with Gasteiger partial charge in [-0.15, -0.1) is 0 Å². The molecule has 2 fully saturated rings. The van der Waals surface area contributed by atoms with Gasteiger partial charge in [-0.3, -0.25) is 15.8 Å². The van der Waals surface area contributed by atoms with E-state index < -0.39 is 0 Å². The van der Waals surface area contributed by atoms with Crippen LogP contribution < -0.4 is 15.6 Å². The van der Waals surface area contributed by atoms with Gasteiger partial charge in [-0.05, 0) is 43.0 Å². The monoisotopic (exact) mass is 275 g/mol. The Bertz CT molecular complexity index is 434. The van der Waals surface area contributed by atoms with Gasteiger partial charge in [0.2, 0.25) is 0 Å². The highest BCUT2D eigenvalue weighted by molar-refractivity contribution is 5.27. The van der Waals surface area contributed by atoms with Gasteiger partial charge in [0, 0.05) is 25.2 Å². The highest BCUT2D eigenvalue weighted by atomic mass is 16.5. The lowest BCUT2D eigenvalue weighted by atomic mass is 9.95. The summed E-state index contributed by atoms with van der Waals surface area (Å²) in [7, 11) is 1.71. The van der Waals surface area contributed by atoms with Crippen LogP contribution >= 0.6 is 0 Å². The lowest BCUT2D eigenvalue weighted by molar-refractivity contribution is 0.187. The summed E-state index contributed by atoms with van der Waals surface area (Å²) >= 11 is 0. The van der Waals surface area contributed by atoms with Gasteiger partial charge in [0.1, 0.15) is 5.75 Å². The standard InChI is InChI=1S/C16H25N3O/c1-12-10-17-18-16(12)15-4-3-9-19(15)11-13-5-7-14(20-2)8-6-13/h5-8,12,15-18H,3-4,9-11H2,1-2H3. The first-order valence-electron chi connectivity index (χ1n) is 7.63. The lowest BCUT2D eigenvalue weighted by Gasteiger charge is -2.31. The molecule has 0 radical (unpaired) electrons. The fourth-order valence-electron chi connectivity index (χ4n) is 3.50. The van der Waals surface area contributed by atoms with Crippen LogP contribution in [0.1, 0.15) is 25.3 Å². The van der Waals surface area contributed by atoms with Crippen LogP contribution in [-0.4, -0.2) is 37.2 Å². The van der Waals surface area contributed by atoms with Crippen LogP contribution in [0.4, 0.5) is 0 Å². The molecule has 0 amide bonds. The number of benzene rings is 1. The maximum Gasteiger partial charge on any atom is 0.118 e. The van der Waals surface area contributed by atoms with Gasteiger partial charge in [0.05, 0.1) is 7.11 Å². The quantitative estimate of drug-likeness (QED) is 0.878. The second kappa shape index (κ2) is 6.12. The van der Waals surface area contributed by atoms with Gasteiger partial charge in [-0.2, -0.15) is 0 Å². The molecule has 2 N–H and O–H groups in total. The molecular formula is C16H25N3O. The third-order valence-electron chi connectivity index (χ3n) is 4.68. The molecule has 1 aromatic rings. The zero-order chi connectivity index (χ0) is 13.9. The number of methoxy groups -OCH3 is 1. The van der Waals surface area contributed by atoms with Crippen LogP contribution in [-0.2, 0) is 6.54 Å². The first-order chi connectivity index (χ1) is 9.78. The van der Waals surface area contributed by atoms with E-state index in [4.69, 9.17) is 4.74 Å². The molecule has 2 saturated heterocycles. The van der Waals surface area contributed by atoms with Crippen molar-refractivity contribution < 1.29 is 4.74 Å². The summed E-state index contributed by atoms with van der Waals surface area (Å²) in [6, 6.07) is 9.70. The van der Waals surface area contributed by atoms with Crippen molar-refractivity contribution >= 4 is 0 Å². The van der Waals surface area contributed by atoms with Crippen molar-refractivity contribution in [1.29, 1.82) is 0 Å². The number of hydrazine groups is 1. The second-order valence-corrected chi connectivity index (χ2v) is 6.06. The molecule has 0 aliphatic carbocycles. The van der Waals surface area contributed by atoms with Crippen LogP contribution in [0.2, 0.25) is 0 Å². The molecule has 3 rings (SSSR count). The average molecular weight is 275 g/mol. The zero-order valence-corrected chi connectivity index (χ0v) is 12.4. The number of likely N-dealkylation sites (tertiary alicyclic amines) is 1. The van der Waals surface area contributed by atoms with Crippen LogP contribution in [0.25, 0.3) is 0 Å². The van der Waals surface area contributed by atoms with Gasteiger partial charge >= 0.3 is 0 Å². The van der Waals surface area contributed by atoms with E-state index in [-0.39, 0.29) is 0 Å². The summed E-state index contributed by atoms with van der Waals surface area (Å²) in [4.78, 5) is 2.63. The number of ether oxygens (including phenoxy) is 1. The molecule has 0 spiro atoms. The molecule has 0 aromatic heterocycles. The first kappa shape index (κ1) is 13.9. The van der Waals surface area contributed by atoms with Gasteiger partial charge < -0.3 is 4.74 Å². The molecule has 4 heteroatoms. The molecule has 2 aliphatic heterocycles. The minimum Gasteiger partial charge on any atom is -0.497 e. The molecule has 0 bridgehead atoms. The molecule has 0 saturated carbocycles. The molecule has 1 aromatic carbocycles. The number of nitrogens with one attached hydrogen (secondary N) is 2. The topological polar surface area (TPSA) is 36.5 Å². The molecule has 2 aliphatic rings. The molecule has 4 nitrogen and oxygen atoms in total. The third-order valence-corrected chi connectivity index (χ3v) is 4.68. The highest BCUT2D eigenvalue weighted by Crippen LogP contribution is 2.27. The number of rotatable bonds is 4. The summed E-state index contributed by atoms with van der Waals surface area (Å²) in [5.41, 5.74) is 8.15. The van der Waals surface area contributed by atoms with Crippen molar-refractivity contribution in [2.24, 2.45) is 5.92 Å². The van der Waals surface area contributed by atoms with E-state index in [0.717, 1.165) is 18.8 Å². The van der Waals surface area contributed by atoms with Crippen LogP contribution in [0, 0.1) is 5.92 Å². The molecule has 20 heavy (non-hydrogen) atoms. The summed E-state index contributed by atoms with van der Waals surface area (Å²) in [6.45, 7) is 5.67. The Morgan fingerprint density at radius 1 is 1.30 bits per heavy atom. The smallest absolute Gasteiger partial charge is 0.118 e. The van der Waals surface area contributed by atoms with Crippen molar-refractivity contribution in [2.45, 2.75) is 38.4 Å². The largest absolute Gasteiger partial charge is 0.497 e. The minimum absolute atomic E-state index is 0.579. The molecular weight excluding hydrogens is 250 g/mol. The summed E-state index contributed by atoms with van der Waals surface area (Å²) < 4.78 is 5.22. The number of hydrogen-bond acceptors (Lipinski definition) is 4. The van der Waals surface area contributed by atoms with Gasteiger partial charge in [0.15, 0.2) is 0 Å². The van der Waals surface area contributed by atoms with E-state index in [1.807, 2.05) is 0 Å². The Kier molecular flexibility index (Phi) is 4.24. The van der Waals surface area contributed by atoms with E-state index in [1.54, 1.807) is 7.11 Å². The van der Waals surface area contributed by atoms with E-state index in [0.29, 0.717) is 18.0 Å². The lowest BCUT2D eigenvalue weighted by Crippen LogP contribution is -2.47. The highest BCUT2D eigenvalue weighted by Gasteiger charge is 2.36. The summed E-state index contributed by atoms with van der Waals surface area (Å²) in [5.74, 6) is 1.64.